The van der Waals surface area contributed by atoms with E-state index in [2.05, 4.69) is 6.92 Å². The molecule has 1 saturated carbocycles. The zero-order valence-corrected chi connectivity index (χ0v) is 10.00. The van der Waals surface area contributed by atoms with Gasteiger partial charge in [-0.05, 0) is 25.3 Å². The molecular weight excluding hydrogens is 200 g/mol. The lowest BCUT2D eigenvalue weighted by Gasteiger charge is -2.19. The van der Waals surface area contributed by atoms with Crippen LogP contribution < -0.4 is 0 Å². The Morgan fingerprint density at radius 2 is 2.12 bits per heavy atom. The lowest BCUT2D eigenvalue weighted by Crippen LogP contribution is -2.03. The molecule has 0 aromatic carbocycles. The van der Waals surface area contributed by atoms with E-state index in [1.54, 1.807) is 0 Å². The van der Waals surface area contributed by atoms with E-state index in [9.17, 15) is 4.79 Å². The summed E-state index contributed by atoms with van der Waals surface area (Å²) >= 11 is 0. The Kier molecular flexibility index (Phi) is 3.81. The van der Waals surface area contributed by atoms with E-state index in [0.29, 0.717) is 5.92 Å². The van der Waals surface area contributed by atoms with Gasteiger partial charge in [0.1, 0.15) is 11.5 Å². The van der Waals surface area contributed by atoms with Gasteiger partial charge in [0.25, 0.3) is 0 Å². The highest BCUT2D eigenvalue weighted by Gasteiger charge is 2.20. The van der Waals surface area contributed by atoms with Crippen LogP contribution in [0, 0.1) is 0 Å². The van der Waals surface area contributed by atoms with E-state index in [4.69, 9.17) is 4.42 Å². The summed E-state index contributed by atoms with van der Waals surface area (Å²) in [5, 5.41) is 0. The van der Waals surface area contributed by atoms with Gasteiger partial charge in [-0.1, -0.05) is 26.2 Å². The molecule has 0 spiro atoms. The highest BCUT2D eigenvalue weighted by atomic mass is 16.3. The van der Waals surface area contributed by atoms with E-state index in [0.717, 1.165) is 36.2 Å². The molecule has 2 heteroatoms. The van der Waals surface area contributed by atoms with Gasteiger partial charge in [-0.25, -0.2) is 0 Å². The summed E-state index contributed by atoms with van der Waals surface area (Å²) in [4.78, 5) is 10.9. The molecule has 2 rings (SSSR count). The minimum atomic E-state index is 0.554. The molecule has 0 amide bonds. The molecule has 0 N–H and O–H groups in total. The molecule has 0 radical (unpaired) electrons. The van der Waals surface area contributed by atoms with Crippen LogP contribution in [0.15, 0.2) is 10.5 Å². The maximum absolute atomic E-state index is 10.9. The van der Waals surface area contributed by atoms with Crippen LogP contribution in [-0.2, 0) is 6.42 Å². The van der Waals surface area contributed by atoms with Gasteiger partial charge in [0.05, 0.1) is 5.56 Å². The first-order valence-corrected chi connectivity index (χ1v) is 6.43. The van der Waals surface area contributed by atoms with Crippen molar-refractivity contribution in [1.29, 1.82) is 0 Å². The molecule has 0 atom stereocenters. The van der Waals surface area contributed by atoms with Crippen LogP contribution in [0.2, 0.25) is 0 Å². The summed E-state index contributed by atoms with van der Waals surface area (Å²) in [7, 11) is 0. The number of rotatable bonds is 4. The second-order valence-corrected chi connectivity index (χ2v) is 4.73. The van der Waals surface area contributed by atoms with Gasteiger partial charge in [0.15, 0.2) is 6.29 Å². The van der Waals surface area contributed by atoms with Crippen molar-refractivity contribution in [2.75, 3.05) is 0 Å². The molecule has 88 valence electrons. The van der Waals surface area contributed by atoms with Crippen LogP contribution in [0.3, 0.4) is 0 Å². The van der Waals surface area contributed by atoms with Crippen molar-refractivity contribution in [2.45, 2.75) is 57.8 Å². The minimum Gasteiger partial charge on any atom is -0.465 e. The van der Waals surface area contributed by atoms with Gasteiger partial charge in [-0.2, -0.15) is 0 Å². The molecular formula is C14H20O2. The lowest BCUT2D eigenvalue weighted by molar-refractivity contribution is 0.112. The third-order valence-electron chi connectivity index (χ3n) is 3.47. The Morgan fingerprint density at radius 3 is 2.75 bits per heavy atom. The Bertz CT molecular complexity index is 346. The van der Waals surface area contributed by atoms with Crippen molar-refractivity contribution in [3.63, 3.8) is 0 Å². The molecule has 16 heavy (non-hydrogen) atoms. The Labute approximate surface area is 97.0 Å². The first kappa shape index (κ1) is 11.4. The Balaban J connectivity index is 2.17. The monoisotopic (exact) mass is 220 g/mol. The van der Waals surface area contributed by atoms with E-state index < -0.39 is 0 Å². The zero-order chi connectivity index (χ0) is 11.4. The molecule has 0 bridgehead atoms. The average molecular weight is 220 g/mol. The fourth-order valence-corrected chi connectivity index (χ4v) is 2.57. The molecule has 0 unspecified atom stereocenters. The van der Waals surface area contributed by atoms with Crippen molar-refractivity contribution in [1.82, 2.24) is 0 Å². The predicted octanol–water partition coefficient (Wildman–Crippen LogP) is 4.09. The number of aldehydes is 1. The number of furan rings is 1. The number of hydrogen-bond donors (Lipinski definition) is 0. The first-order valence-electron chi connectivity index (χ1n) is 6.43. The predicted molar refractivity (Wildman–Crippen MR) is 63.9 cm³/mol. The van der Waals surface area contributed by atoms with Crippen molar-refractivity contribution in [3.05, 3.63) is 23.2 Å². The van der Waals surface area contributed by atoms with Gasteiger partial charge >= 0.3 is 0 Å². The highest BCUT2D eigenvalue weighted by Crippen LogP contribution is 2.34. The fourth-order valence-electron chi connectivity index (χ4n) is 2.57. The zero-order valence-electron chi connectivity index (χ0n) is 10.00. The quantitative estimate of drug-likeness (QED) is 0.715. The minimum absolute atomic E-state index is 0.554. The number of carbonyl (C=O) groups excluding carboxylic acids is 1. The van der Waals surface area contributed by atoms with E-state index in [1.807, 2.05) is 6.07 Å². The summed E-state index contributed by atoms with van der Waals surface area (Å²) in [5.41, 5.74) is 0.766. The molecule has 1 heterocycles. The summed E-state index contributed by atoms with van der Waals surface area (Å²) in [5.74, 6) is 2.49. The van der Waals surface area contributed by atoms with Crippen LogP contribution in [-0.4, -0.2) is 6.29 Å². The van der Waals surface area contributed by atoms with Crippen LogP contribution in [0.4, 0.5) is 0 Å². The maximum Gasteiger partial charge on any atom is 0.153 e. The standard InChI is InChI=1S/C14H20O2/c1-2-6-13-12(10-15)9-14(16-13)11-7-4-3-5-8-11/h9-11H,2-8H2,1H3. The Morgan fingerprint density at radius 1 is 1.38 bits per heavy atom. The second kappa shape index (κ2) is 5.33. The second-order valence-electron chi connectivity index (χ2n) is 4.73. The number of aryl methyl sites for hydroxylation is 1. The Hall–Kier alpha value is -1.05. The van der Waals surface area contributed by atoms with E-state index in [1.165, 1.54) is 32.1 Å². The van der Waals surface area contributed by atoms with Crippen LogP contribution >= 0.6 is 0 Å². The van der Waals surface area contributed by atoms with Crippen molar-refractivity contribution in [2.24, 2.45) is 0 Å². The molecule has 2 nitrogen and oxygen atoms in total. The third kappa shape index (κ3) is 2.37. The summed E-state index contributed by atoms with van der Waals surface area (Å²) in [6.07, 6.45) is 9.21. The van der Waals surface area contributed by atoms with Crippen LogP contribution in [0.1, 0.15) is 73.2 Å². The molecule has 1 fully saturated rings. The molecule has 0 aliphatic heterocycles. The normalized spacial score (nSPS) is 17.6. The van der Waals surface area contributed by atoms with Crippen molar-refractivity contribution < 1.29 is 9.21 Å². The summed E-state index contributed by atoms with van der Waals surface area (Å²) in [6.45, 7) is 2.11. The summed E-state index contributed by atoms with van der Waals surface area (Å²) < 4.78 is 5.85. The third-order valence-corrected chi connectivity index (χ3v) is 3.47. The van der Waals surface area contributed by atoms with Gasteiger partial charge in [0, 0.05) is 12.3 Å². The topological polar surface area (TPSA) is 30.2 Å². The van der Waals surface area contributed by atoms with Gasteiger partial charge < -0.3 is 4.42 Å². The van der Waals surface area contributed by atoms with Gasteiger partial charge in [-0.15, -0.1) is 0 Å². The molecule has 1 aliphatic carbocycles. The smallest absolute Gasteiger partial charge is 0.153 e. The highest BCUT2D eigenvalue weighted by molar-refractivity contribution is 5.76. The molecule has 1 aromatic heterocycles. The average Bonchev–Trinajstić information content (AvgIpc) is 2.74. The SMILES string of the molecule is CCCc1oc(C2CCCCC2)cc1C=O. The maximum atomic E-state index is 10.9. The summed E-state index contributed by atoms with van der Waals surface area (Å²) in [6, 6.07) is 1.97. The van der Waals surface area contributed by atoms with Crippen LogP contribution in [0.25, 0.3) is 0 Å². The largest absolute Gasteiger partial charge is 0.465 e. The molecule has 0 saturated heterocycles. The molecule has 1 aliphatic rings. The van der Waals surface area contributed by atoms with Gasteiger partial charge in [-0.3, -0.25) is 4.79 Å². The van der Waals surface area contributed by atoms with E-state index in [-0.39, 0.29) is 0 Å². The lowest BCUT2D eigenvalue weighted by atomic mass is 9.87. The number of carbonyl (C=O) groups is 1. The van der Waals surface area contributed by atoms with Crippen molar-refractivity contribution in [3.8, 4) is 0 Å². The van der Waals surface area contributed by atoms with Gasteiger partial charge in [0.2, 0.25) is 0 Å². The fraction of sp³-hybridized carbons (Fsp3) is 0.643. The molecule has 1 aromatic rings. The first-order chi connectivity index (χ1) is 7.85. The number of hydrogen-bond acceptors (Lipinski definition) is 2. The van der Waals surface area contributed by atoms with Crippen LogP contribution in [0.5, 0.6) is 0 Å². The van der Waals surface area contributed by atoms with Crippen molar-refractivity contribution >= 4 is 6.29 Å². The van der Waals surface area contributed by atoms with E-state index >= 15 is 0 Å².